The predicted molar refractivity (Wildman–Crippen MR) is 58.9 cm³/mol. The van der Waals surface area contributed by atoms with Crippen LogP contribution in [0, 0.1) is 0 Å². The molecule has 1 aliphatic rings. The van der Waals surface area contributed by atoms with E-state index in [1.807, 2.05) is 4.90 Å². The van der Waals surface area contributed by atoms with Crippen molar-refractivity contribution in [2.75, 3.05) is 23.8 Å². The lowest BCUT2D eigenvalue weighted by Gasteiger charge is -2.23. The van der Waals surface area contributed by atoms with Crippen LogP contribution in [0.2, 0.25) is 5.02 Å². The number of nitrogens with zero attached hydrogens (tertiary/aromatic N) is 3. The molecule has 0 radical (unpaired) electrons. The van der Waals surface area contributed by atoms with Crippen LogP contribution in [0.5, 0.6) is 0 Å². The molecule has 0 bridgehead atoms. The largest absolute Gasteiger partial charge is 0.395 e. The van der Waals surface area contributed by atoms with Crippen molar-refractivity contribution in [3.05, 3.63) is 11.3 Å². The van der Waals surface area contributed by atoms with Gasteiger partial charge in [-0.1, -0.05) is 11.6 Å². The molecule has 1 saturated carbocycles. The van der Waals surface area contributed by atoms with E-state index < -0.39 is 0 Å². The molecule has 0 unspecified atom stereocenters. The number of aliphatic hydroxyl groups excluding tert-OH is 1. The number of nitrogen functional groups attached to an aromatic ring is 1. The highest BCUT2D eigenvalue weighted by Gasteiger charge is 2.31. The topological polar surface area (TPSA) is 75.3 Å². The summed E-state index contributed by atoms with van der Waals surface area (Å²) < 4.78 is 0. The Balaban J connectivity index is 2.28. The Morgan fingerprint density at radius 3 is 2.87 bits per heavy atom. The molecule has 15 heavy (non-hydrogen) atoms. The van der Waals surface area contributed by atoms with Crippen molar-refractivity contribution in [2.45, 2.75) is 18.9 Å². The number of hydrogen-bond acceptors (Lipinski definition) is 5. The van der Waals surface area contributed by atoms with Gasteiger partial charge in [-0.25, -0.2) is 9.97 Å². The third kappa shape index (κ3) is 2.13. The third-order valence-electron chi connectivity index (χ3n) is 2.40. The first-order valence-corrected chi connectivity index (χ1v) is 5.25. The lowest BCUT2D eigenvalue weighted by atomic mass is 10.4. The fourth-order valence-electron chi connectivity index (χ4n) is 1.53. The van der Waals surface area contributed by atoms with E-state index in [2.05, 4.69) is 9.97 Å². The molecule has 0 amide bonds. The van der Waals surface area contributed by atoms with Crippen LogP contribution in [0.3, 0.4) is 0 Å². The summed E-state index contributed by atoms with van der Waals surface area (Å²) in [5, 5.41) is 9.35. The summed E-state index contributed by atoms with van der Waals surface area (Å²) in [7, 11) is 0. The van der Waals surface area contributed by atoms with Gasteiger partial charge in [0.1, 0.15) is 17.2 Å². The molecule has 1 heterocycles. The van der Waals surface area contributed by atoms with Gasteiger partial charge in [0.2, 0.25) is 0 Å². The van der Waals surface area contributed by atoms with Gasteiger partial charge >= 0.3 is 0 Å². The van der Waals surface area contributed by atoms with Crippen LogP contribution in [-0.2, 0) is 0 Å². The van der Waals surface area contributed by atoms with E-state index in [-0.39, 0.29) is 12.4 Å². The summed E-state index contributed by atoms with van der Waals surface area (Å²) >= 11 is 6.02. The monoisotopic (exact) mass is 228 g/mol. The van der Waals surface area contributed by atoms with Crippen LogP contribution in [0.1, 0.15) is 12.8 Å². The smallest absolute Gasteiger partial charge is 0.153 e. The summed E-state index contributed by atoms with van der Waals surface area (Å²) in [5.41, 5.74) is 5.60. The fraction of sp³-hybridized carbons (Fsp3) is 0.556. The second-order valence-corrected chi connectivity index (χ2v) is 3.92. The molecule has 0 atom stereocenters. The molecule has 1 aliphatic carbocycles. The van der Waals surface area contributed by atoms with Crippen molar-refractivity contribution in [2.24, 2.45) is 0 Å². The number of aliphatic hydroxyl groups is 1. The summed E-state index contributed by atoms with van der Waals surface area (Å²) in [6, 6.07) is 0.434. The lowest BCUT2D eigenvalue weighted by Crippen LogP contribution is -2.30. The van der Waals surface area contributed by atoms with E-state index in [1.165, 1.54) is 6.33 Å². The first kappa shape index (κ1) is 10.4. The maximum atomic E-state index is 8.98. The van der Waals surface area contributed by atoms with Gasteiger partial charge in [-0.2, -0.15) is 0 Å². The van der Waals surface area contributed by atoms with E-state index >= 15 is 0 Å². The number of aromatic nitrogens is 2. The molecule has 3 N–H and O–H groups in total. The SMILES string of the molecule is Nc1ncnc(N(CCO)C2CC2)c1Cl. The molecular weight excluding hydrogens is 216 g/mol. The van der Waals surface area contributed by atoms with Crippen LogP contribution in [0.15, 0.2) is 6.33 Å². The van der Waals surface area contributed by atoms with E-state index in [1.54, 1.807) is 0 Å². The number of nitrogens with two attached hydrogens (primary N) is 1. The maximum absolute atomic E-state index is 8.98. The highest BCUT2D eigenvalue weighted by molar-refractivity contribution is 6.35. The molecule has 0 saturated heterocycles. The van der Waals surface area contributed by atoms with E-state index in [4.69, 9.17) is 22.4 Å². The zero-order valence-electron chi connectivity index (χ0n) is 8.23. The van der Waals surface area contributed by atoms with Crippen molar-refractivity contribution in [1.82, 2.24) is 9.97 Å². The molecule has 82 valence electrons. The number of rotatable bonds is 4. The van der Waals surface area contributed by atoms with Gasteiger partial charge in [-0.3, -0.25) is 0 Å². The Morgan fingerprint density at radius 1 is 1.53 bits per heavy atom. The van der Waals surface area contributed by atoms with Gasteiger partial charge in [0.15, 0.2) is 5.82 Å². The molecule has 5 nitrogen and oxygen atoms in total. The molecule has 0 aliphatic heterocycles. The van der Waals surface area contributed by atoms with Crippen molar-refractivity contribution in [3.63, 3.8) is 0 Å². The van der Waals surface area contributed by atoms with Gasteiger partial charge in [0.25, 0.3) is 0 Å². The summed E-state index contributed by atoms with van der Waals surface area (Å²) in [6.07, 6.45) is 3.61. The van der Waals surface area contributed by atoms with E-state index in [0.717, 1.165) is 12.8 Å². The van der Waals surface area contributed by atoms with Gasteiger partial charge in [0, 0.05) is 12.6 Å². The van der Waals surface area contributed by atoms with Gasteiger partial charge in [-0.05, 0) is 12.8 Å². The average Bonchev–Trinajstić information content (AvgIpc) is 3.03. The molecule has 0 aromatic carbocycles. The molecular formula is C9H13ClN4O. The fourth-order valence-corrected chi connectivity index (χ4v) is 1.74. The Hall–Kier alpha value is -1.07. The van der Waals surface area contributed by atoms with Crippen LogP contribution in [-0.4, -0.2) is 34.3 Å². The normalized spacial score (nSPS) is 15.3. The Morgan fingerprint density at radius 2 is 2.27 bits per heavy atom. The van der Waals surface area contributed by atoms with Gasteiger partial charge in [0.05, 0.1) is 6.61 Å². The molecule has 2 rings (SSSR count). The third-order valence-corrected chi connectivity index (χ3v) is 2.76. The van der Waals surface area contributed by atoms with Crippen LogP contribution in [0.4, 0.5) is 11.6 Å². The van der Waals surface area contributed by atoms with E-state index in [0.29, 0.717) is 23.4 Å². The minimum Gasteiger partial charge on any atom is -0.395 e. The molecule has 0 spiro atoms. The highest BCUT2D eigenvalue weighted by atomic mass is 35.5. The van der Waals surface area contributed by atoms with Crippen LogP contribution in [0.25, 0.3) is 0 Å². The van der Waals surface area contributed by atoms with Crippen LogP contribution >= 0.6 is 11.6 Å². The second kappa shape index (κ2) is 4.20. The average molecular weight is 229 g/mol. The van der Waals surface area contributed by atoms with Crippen molar-refractivity contribution in [3.8, 4) is 0 Å². The minimum absolute atomic E-state index is 0.0801. The first-order valence-electron chi connectivity index (χ1n) is 4.87. The lowest BCUT2D eigenvalue weighted by molar-refractivity contribution is 0.301. The Kier molecular flexibility index (Phi) is 2.93. The summed E-state index contributed by atoms with van der Waals surface area (Å²) in [6.45, 7) is 0.609. The zero-order valence-corrected chi connectivity index (χ0v) is 8.98. The van der Waals surface area contributed by atoms with Gasteiger partial charge in [-0.15, -0.1) is 0 Å². The number of anilines is 2. The summed E-state index contributed by atoms with van der Waals surface area (Å²) in [4.78, 5) is 9.90. The second-order valence-electron chi connectivity index (χ2n) is 3.54. The first-order chi connectivity index (χ1) is 7.24. The summed E-state index contributed by atoms with van der Waals surface area (Å²) in [5.74, 6) is 0.908. The van der Waals surface area contributed by atoms with Crippen molar-refractivity contribution < 1.29 is 5.11 Å². The van der Waals surface area contributed by atoms with E-state index in [9.17, 15) is 0 Å². The van der Waals surface area contributed by atoms with Crippen molar-refractivity contribution in [1.29, 1.82) is 0 Å². The standard InChI is InChI=1S/C9H13ClN4O/c10-7-8(11)12-5-13-9(7)14(3-4-15)6-1-2-6/h5-6,15H,1-4H2,(H2,11,12,13). The Bertz CT molecular complexity index is 356. The number of hydrogen-bond donors (Lipinski definition) is 2. The minimum atomic E-state index is 0.0801. The van der Waals surface area contributed by atoms with Crippen molar-refractivity contribution >= 4 is 23.2 Å². The predicted octanol–water partition coefficient (Wildman–Crippen LogP) is 0.673. The maximum Gasteiger partial charge on any atom is 0.153 e. The molecule has 1 aromatic rings. The zero-order chi connectivity index (χ0) is 10.8. The number of halogens is 1. The van der Waals surface area contributed by atoms with Crippen LogP contribution < -0.4 is 10.6 Å². The molecule has 1 fully saturated rings. The molecule has 6 heteroatoms. The molecule has 1 aromatic heterocycles. The Labute approximate surface area is 92.9 Å². The quantitative estimate of drug-likeness (QED) is 0.793. The van der Waals surface area contributed by atoms with Gasteiger partial charge < -0.3 is 15.7 Å². The highest BCUT2D eigenvalue weighted by Crippen LogP contribution is 2.35.